The number of carbonyl (C=O) groups excluding carboxylic acids is 2. The zero-order valence-corrected chi connectivity index (χ0v) is 20.6. The Morgan fingerprint density at radius 2 is 1.64 bits per heavy atom. The van der Waals surface area contributed by atoms with Crippen LogP contribution in [0.4, 0.5) is 15.8 Å². The number of carboxylic acid groups (broad SMARTS) is 1. The molecule has 1 heterocycles. The summed E-state index contributed by atoms with van der Waals surface area (Å²) >= 11 is 0. The summed E-state index contributed by atoms with van der Waals surface area (Å²) in [7, 11) is 1.38. The van der Waals surface area contributed by atoms with Crippen molar-refractivity contribution in [2.24, 2.45) is 5.41 Å². The molecule has 0 bridgehead atoms. The zero-order chi connectivity index (χ0) is 27.6. The van der Waals surface area contributed by atoms with Crippen LogP contribution < -0.4 is 20.3 Å². The quantitative estimate of drug-likeness (QED) is 0.198. The van der Waals surface area contributed by atoms with Crippen molar-refractivity contribution in [3.05, 3.63) is 84.3 Å². The van der Waals surface area contributed by atoms with Gasteiger partial charge in [-0.2, -0.15) is 0 Å². The van der Waals surface area contributed by atoms with Crippen LogP contribution in [0.2, 0.25) is 0 Å². The highest BCUT2D eigenvalue weighted by molar-refractivity contribution is 6.11. The molecule has 3 N–H and O–H groups in total. The van der Waals surface area contributed by atoms with E-state index in [1.54, 1.807) is 30.3 Å². The third-order valence-electron chi connectivity index (χ3n) is 6.27. The van der Waals surface area contributed by atoms with Gasteiger partial charge in [0.15, 0.2) is 0 Å². The molecule has 1 aliphatic rings. The van der Waals surface area contributed by atoms with Crippen LogP contribution in [0.25, 0.3) is 10.9 Å². The van der Waals surface area contributed by atoms with Crippen LogP contribution in [0.3, 0.4) is 0 Å². The molecule has 3 aromatic carbocycles. The Labute approximate surface area is 221 Å². The van der Waals surface area contributed by atoms with E-state index in [1.165, 1.54) is 49.7 Å². The minimum atomic E-state index is -1.30. The molecule has 0 aliphatic heterocycles. The van der Waals surface area contributed by atoms with Crippen molar-refractivity contribution < 1.29 is 38.2 Å². The van der Waals surface area contributed by atoms with E-state index in [2.05, 4.69) is 15.8 Å². The average Bonchev–Trinajstić information content (AvgIpc) is 3.75. The number of carbonyl (C=O) groups is 3. The number of anilines is 2. The molecule has 1 fully saturated rings. The number of aromatic carboxylic acids is 1. The first-order chi connectivity index (χ1) is 18.8. The molecule has 1 saturated carbocycles. The molecule has 10 nitrogen and oxygen atoms in total. The number of methoxy groups -OCH3 is 1. The highest BCUT2D eigenvalue weighted by Crippen LogP contribution is 2.48. The number of benzene rings is 3. The van der Waals surface area contributed by atoms with E-state index in [0.717, 1.165) is 0 Å². The monoisotopic (exact) mass is 531 g/mol. The minimum Gasteiger partial charge on any atom is -0.496 e. The smallest absolute Gasteiger partial charge is 0.347 e. The van der Waals surface area contributed by atoms with Gasteiger partial charge in [-0.25, -0.2) is 19.5 Å². The normalized spacial score (nSPS) is 13.3. The van der Waals surface area contributed by atoms with Gasteiger partial charge >= 0.3 is 11.9 Å². The van der Waals surface area contributed by atoms with E-state index >= 15 is 0 Å². The lowest BCUT2D eigenvalue weighted by molar-refractivity contribution is -0.150. The number of nitrogens with zero attached hydrogens (tertiary/aromatic N) is 1. The number of rotatable bonds is 9. The van der Waals surface area contributed by atoms with Crippen LogP contribution in [-0.4, -0.2) is 35.0 Å². The van der Waals surface area contributed by atoms with Crippen LogP contribution >= 0.6 is 0 Å². The van der Waals surface area contributed by atoms with E-state index in [9.17, 15) is 23.9 Å². The maximum absolute atomic E-state index is 13.0. The Morgan fingerprint density at radius 1 is 0.949 bits per heavy atom. The van der Waals surface area contributed by atoms with Crippen molar-refractivity contribution in [2.45, 2.75) is 12.8 Å². The van der Waals surface area contributed by atoms with Gasteiger partial charge in [0.25, 0.3) is 0 Å². The number of nitrogens with one attached hydrogen (secondary N) is 2. The standard InChI is InChI=1S/C28H22FN3O7/c1-37-24-15-22-20(14-21(24)25(33)34)23(10-13-30-22)38-19-8-6-17(7-9-19)31-26(35)28(11-12-28)27(36)39-32-18-4-2-16(29)3-5-18/h2-10,13-15,32H,11-12H2,1H3,(H,31,35)(H,33,34). The van der Waals surface area contributed by atoms with Gasteiger partial charge in [-0.3, -0.25) is 9.78 Å². The Bertz CT molecular complexity index is 1570. The Morgan fingerprint density at radius 3 is 2.28 bits per heavy atom. The first kappa shape index (κ1) is 25.5. The molecule has 11 heteroatoms. The first-order valence-corrected chi connectivity index (χ1v) is 11.8. The number of ether oxygens (including phenoxy) is 2. The van der Waals surface area contributed by atoms with Crippen molar-refractivity contribution >= 4 is 40.1 Å². The number of carboxylic acids is 1. The molecule has 5 rings (SSSR count). The van der Waals surface area contributed by atoms with E-state index in [0.29, 0.717) is 46.6 Å². The molecule has 0 spiro atoms. The lowest BCUT2D eigenvalue weighted by Gasteiger charge is -2.15. The van der Waals surface area contributed by atoms with Crippen molar-refractivity contribution in [1.82, 2.24) is 4.98 Å². The number of hydrogen-bond acceptors (Lipinski definition) is 8. The van der Waals surface area contributed by atoms with Gasteiger partial charge in [0.1, 0.15) is 34.0 Å². The molecule has 1 aromatic heterocycles. The van der Waals surface area contributed by atoms with E-state index in [4.69, 9.17) is 14.3 Å². The molecular weight excluding hydrogens is 509 g/mol. The van der Waals surface area contributed by atoms with Crippen LogP contribution in [-0.2, 0) is 14.4 Å². The second-order valence-corrected chi connectivity index (χ2v) is 8.85. The van der Waals surface area contributed by atoms with Crippen LogP contribution in [0.1, 0.15) is 23.2 Å². The summed E-state index contributed by atoms with van der Waals surface area (Å²) in [6.07, 6.45) is 2.20. The predicted octanol–water partition coefficient (Wildman–Crippen LogP) is 5.16. The van der Waals surface area contributed by atoms with E-state index in [-0.39, 0.29) is 11.3 Å². The zero-order valence-electron chi connectivity index (χ0n) is 20.6. The number of fused-ring (bicyclic) bond motifs is 1. The summed E-state index contributed by atoms with van der Waals surface area (Å²) in [6, 6.07) is 16.3. The molecule has 1 aliphatic carbocycles. The fourth-order valence-electron chi connectivity index (χ4n) is 3.93. The predicted molar refractivity (Wildman–Crippen MR) is 138 cm³/mol. The highest BCUT2D eigenvalue weighted by atomic mass is 19.1. The van der Waals surface area contributed by atoms with Crippen LogP contribution in [0, 0.1) is 11.2 Å². The molecular formula is C28H22FN3O7. The van der Waals surface area contributed by atoms with Gasteiger partial charge in [0, 0.05) is 23.3 Å². The third kappa shape index (κ3) is 5.28. The van der Waals surface area contributed by atoms with Gasteiger partial charge in [0.2, 0.25) is 5.91 Å². The average molecular weight is 531 g/mol. The SMILES string of the molecule is COc1cc2nccc(Oc3ccc(NC(=O)C4(C(=O)ONc5ccc(F)cc5)CC4)cc3)c2cc1C(=O)O. The first-order valence-electron chi connectivity index (χ1n) is 11.8. The molecule has 1 amide bonds. The van der Waals surface area contributed by atoms with Gasteiger partial charge in [-0.1, -0.05) is 0 Å². The lowest BCUT2D eigenvalue weighted by Crippen LogP contribution is -2.34. The summed E-state index contributed by atoms with van der Waals surface area (Å²) in [5.74, 6) is -1.81. The second kappa shape index (κ2) is 10.3. The Hall–Kier alpha value is -5.19. The molecule has 0 saturated heterocycles. The molecule has 4 aromatic rings. The lowest BCUT2D eigenvalue weighted by atomic mass is 10.1. The largest absolute Gasteiger partial charge is 0.496 e. The summed E-state index contributed by atoms with van der Waals surface area (Å²) in [5, 5.41) is 12.7. The Balaban J connectivity index is 1.25. The Kier molecular flexibility index (Phi) is 6.72. The number of aromatic nitrogens is 1. The van der Waals surface area contributed by atoms with Crippen molar-refractivity contribution in [3.63, 3.8) is 0 Å². The van der Waals surface area contributed by atoms with Gasteiger partial charge in [-0.15, -0.1) is 0 Å². The molecule has 0 atom stereocenters. The maximum Gasteiger partial charge on any atom is 0.347 e. The van der Waals surface area contributed by atoms with Crippen molar-refractivity contribution in [2.75, 3.05) is 17.9 Å². The molecule has 198 valence electrons. The van der Waals surface area contributed by atoms with Gasteiger partial charge in [-0.05, 0) is 73.5 Å². The maximum atomic E-state index is 13.0. The van der Waals surface area contributed by atoms with Crippen LogP contribution in [0.15, 0.2) is 72.9 Å². The number of amides is 1. The number of hydrogen-bond donors (Lipinski definition) is 3. The summed E-state index contributed by atoms with van der Waals surface area (Å²) in [4.78, 5) is 46.4. The summed E-state index contributed by atoms with van der Waals surface area (Å²) in [5.41, 5.74) is 2.41. The minimum absolute atomic E-state index is 0.0266. The fourth-order valence-corrected chi connectivity index (χ4v) is 3.93. The fraction of sp³-hybridized carbons (Fsp3) is 0.143. The van der Waals surface area contributed by atoms with Crippen molar-refractivity contribution in [1.29, 1.82) is 0 Å². The second-order valence-electron chi connectivity index (χ2n) is 8.85. The van der Waals surface area contributed by atoms with Gasteiger partial charge in [0.05, 0.1) is 18.3 Å². The van der Waals surface area contributed by atoms with Gasteiger partial charge < -0.3 is 24.7 Å². The van der Waals surface area contributed by atoms with E-state index in [1.807, 2.05) is 0 Å². The third-order valence-corrected chi connectivity index (χ3v) is 6.27. The molecule has 39 heavy (non-hydrogen) atoms. The van der Waals surface area contributed by atoms with Crippen molar-refractivity contribution in [3.8, 4) is 17.2 Å². The highest BCUT2D eigenvalue weighted by Gasteiger charge is 2.58. The summed E-state index contributed by atoms with van der Waals surface area (Å²) in [6.45, 7) is 0. The van der Waals surface area contributed by atoms with Crippen LogP contribution in [0.5, 0.6) is 17.2 Å². The van der Waals surface area contributed by atoms with E-state index < -0.39 is 29.1 Å². The molecule has 0 unspecified atom stereocenters. The topological polar surface area (TPSA) is 136 Å². The summed E-state index contributed by atoms with van der Waals surface area (Å²) < 4.78 is 24.2. The number of pyridine rings is 1. The number of halogens is 1. The molecule has 0 radical (unpaired) electrons.